The highest BCUT2D eigenvalue weighted by atomic mass is 16.2. The largest absolute Gasteiger partial charge is 0.356 e. The summed E-state index contributed by atoms with van der Waals surface area (Å²) in [5, 5.41) is 11.5. The highest BCUT2D eigenvalue weighted by molar-refractivity contribution is 5.85. The Bertz CT molecular complexity index is 258. The number of nitrogens with zero attached hydrogens (tertiary/aromatic N) is 2. The molecule has 2 rings (SSSR count). The van der Waals surface area contributed by atoms with Crippen molar-refractivity contribution in [1.29, 1.82) is 5.26 Å². The number of carbonyl (C=O) groups is 1. The number of nitrogens with one attached hydrogen (secondary N) is 1. The fourth-order valence-corrected chi connectivity index (χ4v) is 2.06. The monoisotopic (exact) mass is 165 g/mol. The molecule has 64 valence electrons. The van der Waals surface area contributed by atoms with Crippen molar-refractivity contribution in [2.75, 3.05) is 19.6 Å². The quantitative estimate of drug-likeness (QED) is 0.500. The lowest BCUT2D eigenvalue weighted by Gasteiger charge is -2.17. The van der Waals surface area contributed by atoms with Crippen molar-refractivity contribution in [3.8, 4) is 6.19 Å². The van der Waals surface area contributed by atoms with Gasteiger partial charge >= 0.3 is 0 Å². The van der Waals surface area contributed by atoms with E-state index in [4.69, 9.17) is 5.26 Å². The summed E-state index contributed by atoms with van der Waals surface area (Å²) in [6.07, 6.45) is 3.82. The van der Waals surface area contributed by atoms with E-state index in [-0.39, 0.29) is 11.3 Å². The van der Waals surface area contributed by atoms with Crippen LogP contribution in [0.25, 0.3) is 0 Å². The summed E-state index contributed by atoms with van der Waals surface area (Å²) in [5.41, 5.74) is -0.226. The fraction of sp³-hybridized carbons (Fsp3) is 0.750. The van der Waals surface area contributed by atoms with E-state index in [0.29, 0.717) is 6.54 Å². The van der Waals surface area contributed by atoms with Crippen LogP contribution in [0.1, 0.15) is 12.8 Å². The average Bonchev–Trinajstić information content (AvgIpc) is 2.63. The van der Waals surface area contributed by atoms with Gasteiger partial charge in [0.1, 0.15) is 0 Å². The van der Waals surface area contributed by atoms with Gasteiger partial charge in [-0.25, -0.2) is 0 Å². The average molecular weight is 165 g/mol. The van der Waals surface area contributed by atoms with E-state index in [1.54, 1.807) is 4.90 Å². The molecule has 0 radical (unpaired) electrons. The van der Waals surface area contributed by atoms with E-state index in [1.165, 1.54) is 0 Å². The third-order valence-corrected chi connectivity index (χ3v) is 2.87. The van der Waals surface area contributed by atoms with Gasteiger partial charge in [-0.2, -0.15) is 5.26 Å². The minimum absolute atomic E-state index is 0.139. The van der Waals surface area contributed by atoms with Crippen LogP contribution in [0.15, 0.2) is 0 Å². The molecular formula is C8H11N3O. The second-order valence-corrected chi connectivity index (χ2v) is 3.56. The first-order valence-electron chi connectivity index (χ1n) is 4.20. The molecule has 2 fully saturated rings. The van der Waals surface area contributed by atoms with Crippen LogP contribution >= 0.6 is 0 Å². The summed E-state index contributed by atoms with van der Waals surface area (Å²) in [7, 11) is 0. The molecule has 0 saturated carbocycles. The minimum atomic E-state index is -0.226. The molecule has 0 aromatic heterocycles. The lowest BCUT2D eigenvalue weighted by Crippen LogP contribution is -2.33. The maximum atomic E-state index is 11.4. The van der Waals surface area contributed by atoms with Crippen LogP contribution in [0.3, 0.4) is 0 Å². The van der Waals surface area contributed by atoms with Gasteiger partial charge in [0, 0.05) is 19.6 Å². The lowest BCUT2D eigenvalue weighted by molar-refractivity contribution is -0.126. The van der Waals surface area contributed by atoms with Crippen LogP contribution in [0.2, 0.25) is 0 Å². The van der Waals surface area contributed by atoms with Crippen molar-refractivity contribution in [3.63, 3.8) is 0 Å². The van der Waals surface area contributed by atoms with Crippen LogP contribution in [-0.2, 0) is 4.79 Å². The molecule has 2 aliphatic rings. The third kappa shape index (κ3) is 0.860. The predicted octanol–water partition coefficient (Wildman–Crippen LogP) is -0.321. The topological polar surface area (TPSA) is 56.1 Å². The molecule has 1 amide bonds. The molecule has 1 spiro atoms. The Morgan fingerprint density at radius 2 is 2.42 bits per heavy atom. The predicted molar refractivity (Wildman–Crippen MR) is 41.9 cm³/mol. The highest BCUT2D eigenvalue weighted by Crippen LogP contribution is 2.36. The Hall–Kier alpha value is -1.24. The van der Waals surface area contributed by atoms with Gasteiger partial charge in [-0.3, -0.25) is 4.79 Å². The molecule has 4 nitrogen and oxygen atoms in total. The van der Waals surface area contributed by atoms with Gasteiger partial charge in [-0.15, -0.1) is 0 Å². The number of rotatable bonds is 0. The molecular weight excluding hydrogens is 154 g/mol. The van der Waals surface area contributed by atoms with Crippen molar-refractivity contribution in [2.45, 2.75) is 12.8 Å². The number of nitriles is 1. The molecule has 12 heavy (non-hydrogen) atoms. The van der Waals surface area contributed by atoms with E-state index in [0.717, 1.165) is 25.9 Å². The lowest BCUT2D eigenvalue weighted by atomic mass is 9.86. The Balaban J connectivity index is 2.15. The molecule has 2 heterocycles. The maximum Gasteiger partial charge on any atom is 0.228 e. The van der Waals surface area contributed by atoms with Crippen LogP contribution in [0, 0.1) is 16.9 Å². The van der Waals surface area contributed by atoms with Crippen molar-refractivity contribution in [3.05, 3.63) is 0 Å². The molecule has 0 unspecified atom stereocenters. The van der Waals surface area contributed by atoms with Crippen LogP contribution in [0.5, 0.6) is 0 Å². The van der Waals surface area contributed by atoms with E-state index >= 15 is 0 Å². The van der Waals surface area contributed by atoms with Gasteiger partial charge in [-0.05, 0) is 12.8 Å². The zero-order chi connectivity index (χ0) is 8.60. The third-order valence-electron chi connectivity index (χ3n) is 2.87. The number of amides is 1. The number of likely N-dealkylation sites (tertiary alicyclic amines) is 1. The smallest absolute Gasteiger partial charge is 0.228 e. The summed E-state index contributed by atoms with van der Waals surface area (Å²) >= 11 is 0. The van der Waals surface area contributed by atoms with Gasteiger partial charge in [-0.1, -0.05) is 0 Å². The summed E-state index contributed by atoms with van der Waals surface area (Å²) in [6.45, 7) is 2.14. The minimum Gasteiger partial charge on any atom is -0.356 e. The Morgan fingerprint density at radius 1 is 1.58 bits per heavy atom. The van der Waals surface area contributed by atoms with E-state index < -0.39 is 0 Å². The summed E-state index contributed by atoms with van der Waals surface area (Å²) < 4.78 is 0. The summed E-state index contributed by atoms with van der Waals surface area (Å²) in [5.74, 6) is 0.139. The van der Waals surface area contributed by atoms with E-state index in [1.807, 2.05) is 0 Å². The first-order chi connectivity index (χ1) is 5.77. The van der Waals surface area contributed by atoms with Crippen LogP contribution in [0.4, 0.5) is 0 Å². The molecule has 2 aliphatic heterocycles. The van der Waals surface area contributed by atoms with Crippen molar-refractivity contribution in [2.24, 2.45) is 5.41 Å². The maximum absolute atomic E-state index is 11.4. The van der Waals surface area contributed by atoms with Gasteiger partial charge in [0.15, 0.2) is 6.19 Å². The molecule has 1 N–H and O–H groups in total. The fourth-order valence-electron chi connectivity index (χ4n) is 2.06. The molecule has 0 aromatic rings. The number of hydrogen-bond acceptors (Lipinski definition) is 3. The first-order valence-corrected chi connectivity index (χ1v) is 4.20. The zero-order valence-electron chi connectivity index (χ0n) is 6.84. The Kier molecular flexibility index (Phi) is 1.47. The summed E-state index contributed by atoms with van der Waals surface area (Å²) in [6, 6.07) is 0. The second-order valence-electron chi connectivity index (χ2n) is 3.56. The summed E-state index contributed by atoms with van der Waals surface area (Å²) in [4.78, 5) is 13.1. The second kappa shape index (κ2) is 2.37. The normalized spacial score (nSPS) is 33.9. The molecule has 2 saturated heterocycles. The van der Waals surface area contributed by atoms with Crippen molar-refractivity contribution >= 4 is 5.91 Å². The van der Waals surface area contributed by atoms with Crippen molar-refractivity contribution < 1.29 is 4.79 Å². The van der Waals surface area contributed by atoms with Crippen molar-refractivity contribution in [1.82, 2.24) is 10.2 Å². The Morgan fingerprint density at radius 3 is 2.92 bits per heavy atom. The number of carbonyl (C=O) groups excluding carboxylic acids is 1. The van der Waals surface area contributed by atoms with Gasteiger partial charge in [0.05, 0.1) is 5.41 Å². The molecule has 0 aromatic carbocycles. The van der Waals surface area contributed by atoms with Crippen LogP contribution < -0.4 is 5.32 Å². The standard InChI is InChI=1S/C8H11N3O/c9-6-11-4-2-8(5-11)1-3-10-7(8)12/h1-5H2,(H,10,12)/t8-/m1/s1. The van der Waals surface area contributed by atoms with Crippen LogP contribution in [-0.4, -0.2) is 30.4 Å². The highest BCUT2D eigenvalue weighted by Gasteiger charge is 2.47. The zero-order valence-corrected chi connectivity index (χ0v) is 6.84. The van der Waals surface area contributed by atoms with Gasteiger partial charge in [0.25, 0.3) is 0 Å². The molecule has 0 bridgehead atoms. The SMILES string of the molecule is N#CN1CC[C@]2(CCNC2=O)C1. The van der Waals surface area contributed by atoms with E-state index in [2.05, 4.69) is 11.5 Å². The Labute approximate surface area is 71.1 Å². The van der Waals surface area contributed by atoms with Gasteiger partial charge < -0.3 is 10.2 Å². The molecule has 4 heteroatoms. The number of hydrogen-bond donors (Lipinski definition) is 1. The molecule has 0 aliphatic carbocycles. The van der Waals surface area contributed by atoms with Gasteiger partial charge in [0.2, 0.25) is 5.91 Å². The van der Waals surface area contributed by atoms with E-state index in [9.17, 15) is 4.79 Å². The molecule has 1 atom stereocenters. The first kappa shape index (κ1) is 7.41.